The monoisotopic (exact) mass is 300 g/mol. The van der Waals surface area contributed by atoms with Gasteiger partial charge in [0.1, 0.15) is 0 Å². The van der Waals surface area contributed by atoms with Crippen LogP contribution in [0.1, 0.15) is 14.5 Å². The fraction of sp³-hybridized carbons (Fsp3) is 0.111. The average molecular weight is 301 g/mol. The summed E-state index contributed by atoms with van der Waals surface area (Å²) in [7, 11) is 0. The molecule has 0 aliphatic rings. The zero-order valence-electron chi connectivity index (χ0n) is 8.18. The Morgan fingerprint density at radius 2 is 2.44 bits per heavy atom. The maximum Gasteiger partial charge on any atom is 0.275 e. The van der Waals surface area contributed by atoms with Gasteiger partial charge in [-0.1, -0.05) is 0 Å². The van der Waals surface area contributed by atoms with Gasteiger partial charge in [0.2, 0.25) is 0 Å². The lowest BCUT2D eigenvalue weighted by atomic mass is 10.4. The van der Waals surface area contributed by atoms with Crippen molar-refractivity contribution in [3.05, 3.63) is 38.8 Å². The number of hydrazine groups is 1. The molecule has 2 heterocycles. The molecule has 84 valence electrons. The Bertz CT molecular complexity index is 507. The molecule has 2 aromatic heterocycles. The highest BCUT2D eigenvalue weighted by molar-refractivity contribution is 9.10. The quantitative estimate of drug-likeness (QED) is 0.511. The number of carbonyl (C=O) groups excluding carboxylic acids is 1. The highest BCUT2D eigenvalue weighted by atomic mass is 79.9. The van der Waals surface area contributed by atoms with Gasteiger partial charge in [-0.25, -0.2) is 5.84 Å². The average Bonchev–Trinajstić information content (AvgIpc) is 2.87. The van der Waals surface area contributed by atoms with Crippen LogP contribution in [0.2, 0.25) is 0 Å². The predicted molar refractivity (Wildman–Crippen MR) is 65.0 cm³/mol. The molecule has 1 amide bonds. The van der Waals surface area contributed by atoms with E-state index >= 15 is 0 Å². The van der Waals surface area contributed by atoms with E-state index in [4.69, 9.17) is 5.84 Å². The van der Waals surface area contributed by atoms with Crippen molar-refractivity contribution in [2.24, 2.45) is 5.84 Å². The molecule has 0 atom stereocenters. The summed E-state index contributed by atoms with van der Waals surface area (Å²) < 4.78 is 2.73. The number of nitrogen functional groups attached to an aromatic ring is 1. The van der Waals surface area contributed by atoms with Crippen molar-refractivity contribution >= 4 is 33.2 Å². The number of nitrogens with zero attached hydrogens (tertiary/aromatic N) is 2. The Hall–Kier alpha value is -1.18. The van der Waals surface area contributed by atoms with Crippen LogP contribution in [-0.2, 0) is 6.54 Å². The molecular weight excluding hydrogens is 292 g/mol. The molecule has 0 saturated heterocycles. The number of carbonyl (C=O) groups is 1. The van der Waals surface area contributed by atoms with E-state index in [0.717, 1.165) is 9.35 Å². The topological polar surface area (TPSA) is 72.9 Å². The van der Waals surface area contributed by atoms with E-state index in [9.17, 15) is 4.79 Å². The molecule has 0 fully saturated rings. The lowest BCUT2D eigenvalue weighted by molar-refractivity contribution is 0.0957. The summed E-state index contributed by atoms with van der Waals surface area (Å²) in [6.45, 7) is 0.647. The molecular formula is C9H9BrN4OS. The summed E-state index contributed by atoms with van der Waals surface area (Å²) in [5.74, 6) is 4.79. The molecule has 0 spiro atoms. The fourth-order valence-corrected chi connectivity index (χ4v) is 2.47. The summed E-state index contributed by atoms with van der Waals surface area (Å²) in [5.41, 5.74) is 2.10. The van der Waals surface area contributed by atoms with Crippen molar-refractivity contribution in [3.8, 4) is 0 Å². The van der Waals surface area contributed by atoms with Gasteiger partial charge in [0.25, 0.3) is 5.91 Å². The minimum atomic E-state index is -0.266. The Balaban J connectivity index is 2.11. The Labute approximate surface area is 104 Å². The Morgan fingerprint density at radius 1 is 1.62 bits per heavy atom. The van der Waals surface area contributed by atoms with Crippen LogP contribution < -0.4 is 11.3 Å². The van der Waals surface area contributed by atoms with Gasteiger partial charge in [-0.3, -0.25) is 14.9 Å². The van der Waals surface area contributed by atoms with Crippen molar-refractivity contribution in [1.29, 1.82) is 0 Å². The maximum absolute atomic E-state index is 11.2. The third kappa shape index (κ3) is 2.49. The second-order valence-electron chi connectivity index (χ2n) is 3.10. The van der Waals surface area contributed by atoms with Crippen LogP contribution in [0.4, 0.5) is 0 Å². The van der Waals surface area contributed by atoms with Gasteiger partial charge >= 0.3 is 0 Å². The molecule has 0 aliphatic heterocycles. The highest BCUT2D eigenvalue weighted by Gasteiger charge is 2.07. The molecule has 3 N–H and O–H groups in total. The van der Waals surface area contributed by atoms with Gasteiger partial charge < -0.3 is 0 Å². The van der Waals surface area contributed by atoms with Crippen molar-refractivity contribution in [2.75, 3.05) is 0 Å². The lowest BCUT2D eigenvalue weighted by Crippen LogP contribution is -2.29. The summed E-state index contributed by atoms with van der Waals surface area (Å²) in [5, 5.41) is 4.14. The third-order valence-electron chi connectivity index (χ3n) is 1.94. The molecule has 0 aliphatic carbocycles. The number of hydrogen-bond donors (Lipinski definition) is 2. The molecule has 0 bridgehead atoms. The number of hydrogen-bond acceptors (Lipinski definition) is 4. The zero-order valence-corrected chi connectivity index (χ0v) is 10.6. The fourth-order valence-electron chi connectivity index (χ4n) is 1.24. The molecule has 16 heavy (non-hydrogen) atoms. The minimum Gasteiger partial charge on any atom is -0.289 e. The van der Waals surface area contributed by atoms with E-state index in [1.54, 1.807) is 16.9 Å². The van der Waals surface area contributed by atoms with E-state index < -0.39 is 0 Å². The molecule has 2 rings (SSSR count). The molecule has 7 heteroatoms. The number of halogens is 1. The first-order chi connectivity index (χ1) is 7.69. The first-order valence-electron chi connectivity index (χ1n) is 4.46. The van der Waals surface area contributed by atoms with Crippen molar-refractivity contribution in [2.45, 2.75) is 6.54 Å². The lowest BCUT2D eigenvalue weighted by Gasteiger charge is -1.97. The van der Waals surface area contributed by atoms with Crippen LogP contribution in [-0.4, -0.2) is 15.7 Å². The molecule has 5 nitrogen and oxygen atoms in total. The van der Waals surface area contributed by atoms with E-state index in [1.807, 2.05) is 12.3 Å². The molecule has 2 aromatic rings. The first-order valence-corrected chi connectivity index (χ1v) is 6.07. The Morgan fingerprint density at radius 3 is 3.06 bits per heavy atom. The van der Waals surface area contributed by atoms with E-state index in [0.29, 0.717) is 11.4 Å². The van der Waals surface area contributed by atoms with E-state index in [1.165, 1.54) is 11.3 Å². The van der Waals surface area contributed by atoms with Crippen LogP contribution >= 0.6 is 27.3 Å². The first kappa shape index (κ1) is 11.3. The number of nitrogens with one attached hydrogen (secondary N) is 1. The van der Waals surface area contributed by atoms with Crippen LogP contribution in [0.15, 0.2) is 29.0 Å². The predicted octanol–water partition coefficient (Wildman–Crippen LogP) is 1.36. The number of nitrogens with two attached hydrogens (primary N) is 1. The molecule has 0 unspecified atom stereocenters. The van der Waals surface area contributed by atoms with Gasteiger partial charge in [-0.05, 0) is 28.1 Å². The van der Waals surface area contributed by atoms with Gasteiger partial charge in [0, 0.05) is 11.1 Å². The second-order valence-corrected chi connectivity index (χ2v) is 5.18. The number of thiophene rings is 1. The van der Waals surface area contributed by atoms with Gasteiger partial charge in [0.05, 0.1) is 22.1 Å². The SMILES string of the molecule is NNC(=O)c1ccc(Cn2cc(Br)cn2)s1. The van der Waals surface area contributed by atoms with Gasteiger partial charge in [-0.15, -0.1) is 11.3 Å². The standard InChI is InChI=1S/C9H9BrN4OS/c10-6-3-12-14(4-6)5-7-1-2-8(16-7)9(15)13-11/h1-4H,5,11H2,(H,13,15). The zero-order chi connectivity index (χ0) is 11.5. The summed E-state index contributed by atoms with van der Waals surface area (Å²) in [6, 6.07) is 3.64. The van der Waals surface area contributed by atoms with Gasteiger partial charge in [0.15, 0.2) is 0 Å². The third-order valence-corrected chi connectivity index (χ3v) is 3.41. The van der Waals surface area contributed by atoms with Crippen molar-refractivity contribution in [3.63, 3.8) is 0 Å². The number of aromatic nitrogens is 2. The normalized spacial score (nSPS) is 10.4. The maximum atomic E-state index is 11.2. The number of amides is 1. The van der Waals surface area contributed by atoms with Crippen LogP contribution in [0.3, 0.4) is 0 Å². The number of rotatable bonds is 3. The minimum absolute atomic E-state index is 0.266. The Kier molecular flexibility index (Phi) is 3.37. The van der Waals surface area contributed by atoms with E-state index in [2.05, 4.69) is 26.5 Å². The van der Waals surface area contributed by atoms with E-state index in [-0.39, 0.29) is 5.91 Å². The summed E-state index contributed by atoms with van der Waals surface area (Å²) >= 11 is 4.73. The molecule has 0 radical (unpaired) electrons. The van der Waals surface area contributed by atoms with Crippen molar-refractivity contribution in [1.82, 2.24) is 15.2 Å². The second kappa shape index (κ2) is 4.77. The summed E-state index contributed by atoms with van der Waals surface area (Å²) in [6.07, 6.45) is 3.60. The smallest absolute Gasteiger partial charge is 0.275 e. The van der Waals surface area contributed by atoms with Crippen LogP contribution in [0.5, 0.6) is 0 Å². The van der Waals surface area contributed by atoms with Crippen LogP contribution in [0, 0.1) is 0 Å². The summed E-state index contributed by atoms with van der Waals surface area (Å²) in [4.78, 5) is 12.9. The highest BCUT2D eigenvalue weighted by Crippen LogP contribution is 2.18. The molecule has 0 saturated carbocycles. The van der Waals surface area contributed by atoms with Crippen LogP contribution in [0.25, 0.3) is 0 Å². The van der Waals surface area contributed by atoms with Crippen molar-refractivity contribution < 1.29 is 4.79 Å². The van der Waals surface area contributed by atoms with Gasteiger partial charge in [-0.2, -0.15) is 5.10 Å². The molecule has 0 aromatic carbocycles. The largest absolute Gasteiger partial charge is 0.289 e.